The molecule has 1 aromatic heterocycles. The number of methoxy groups -OCH3 is 3. The SMILES string of the molecule is C=Cc1ccccc1C(OC(=O)NCCOCCOCCNC(=O)CCCOc1ccc(/C(C)=N/NC(=O)O[C@@H]2[C@]3(CC)C=CCN4CC[C@@]5(c6cc([C@@]7(C(=O)OC)C[C@@H]8CN(CCc9c7[nH]c7ccccc97)C[C@](O)(CC)C8)c(OC)cc6N(C)[C@H]5[C@@]2(O)C(=O)OC)[C@@H]43)cc1)c1ccccc1CC. The smallest absolute Gasteiger partial charge is 0.428 e. The molecule has 2 saturated heterocycles. The molecule has 1 spiro atoms. The fourth-order valence-electron chi connectivity index (χ4n) is 18.3. The van der Waals surface area contributed by atoms with E-state index in [2.05, 4.69) is 61.6 Å². The largest absolute Gasteiger partial charge is 0.496 e. The van der Waals surface area contributed by atoms with Gasteiger partial charge in [0.05, 0.1) is 71.7 Å². The number of H-pyrrole nitrogens is 1. The number of piperidine rings is 1. The van der Waals surface area contributed by atoms with Gasteiger partial charge in [0.15, 0.2) is 12.2 Å². The number of alkyl carbamates (subject to hydrolysis) is 1. The molecule has 1 saturated carbocycles. The van der Waals surface area contributed by atoms with Crippen molar-refractivity contribution in [2.24, 2.45) is 16.4 Å². The molecule has 5 aliphatic heterocycles. The maximum atomic E-state index is 15.7. The van der Waals surface area contributed by atoms with Crippen molar-refractivity contribution in [3.05, 3.63) is 178 Å². The average molecular weight is 1430 g/mol. The third-order valence-corrected chi connectivity index (χ3v) is 22.8. The van der Waals surface area contributed by atoms with Crippen LogP contribution in [0.25, 0.3) is 17.0 Å². The number of likely N-dealkylation sites (N-methyl/N-ethyl adjacent to an activating group) is 1. The molecule has 6 aliphatic rings. The van der Waals surface area contributed by atoms with Crippen molar-refractivity contribution in [2.45, 2.75) is 132 Å². The zero-order valence-electron chi connectivity index (χ0n) is 61.1. The Morgan fingerprint density at radius 1 is 0.788 bits per heavy atom. The number of aromatic amines is 1. The van der Waals surface area contributed by atoms with Crippen molar-refractivity contribution in [3.8, 4) is 11.5 Å². The van der Waals surface area contributed by atoms with E-state index in [1.54, 1.807) is 44.4 Å². The molecular weight excluding hydrogens is 1320 g/mol. The number of carbonyl (C=O) groups excluding carboxylic acids is 5. The standard InChI is InChI=1S/C81H100N8O15/c1-10-54-22-14-16-24-58(54)68(59-25-17-15-23-55(59)11-2)103-75(93)83-37-43-101-45-44-100-42-36-82-67(90)28-20-41-102-57-31-29-56(30-32-57)52(5)85-86-76(94)104-72-78(13-4)34-21-38-89-40-35-79(70(78)89)62-46-63(66(97-7)47-65(62)87(6)71(79)81(72,96)74(92)99-9)80(73(91)98-8)49-53-48-77(95,12-3)51-88(50-53)39-33-61-60-26-18-19-27-64(60)84-69(61)80/h10,14-19,21-27,29-32,34,46-47,53,68,70-72,84,95-96H,1,11-13,20,28,33,35-45,48-51H2,2-9H3,(H,82,90)(H,83,93)(H,86,94)/b85-52+/t53-,68?,70+,71-,72-,77+,78-,79-,80+,81+/m1/s1. The lowest BCUT2D eigenvalue weighted by molar-refractivity contribution is -0.217. The van der Waals surface area contributed by atoms with Gasteiger partial charge in [0, 0.05) is 115 Å². The lowest BCUT2D eigenvalue weighted by Crippen LogP contribution is -2.81. The number of aliphatic hydroxyl groups is 2. The molecule has 104 heavy (non-hydrogen) atoms. The summed E-state index contributed by atoms with van der Waals surface area (Å²) in [6.07, 6.45) is 6.25. The van der Waals surface area contributed by atoms with Gasteiger partial charge < -0.3 is 68.6 Å². The number of aryl methyl sites for hydroxylation is 1. The highest BCUT2D eigenvalue weighted by atomic mass is 16.6. The molecule has 3 amide bonds. The lowest BCUT2D eigenvalue weighted by atomic mass is 9.47. The van der Waals surface area contributed by atoms with Crippen molar-refractivity contribution in [1.29, 1.82) is 0 Å². The first-order chi connectivity index (χ1) is 50.3. The second-order valence-electron chi connectivity index (χ2n) is 28.5. The van der Waals surface area contributed by atoms with Crippen molar-refractivity contribution in [3.63, 3.8) is 0 Å². The van der Waals surface area contributed by atoms with Crippen LogP contribution in [0.4, 0.5) is 15.3 Å². The van der Waals surface area contributed by atoms with Crippen LogP contribution in [0.15, 0.2) is 133 Å². The molecule has 23 heteroatoms. The molecule has 6 heterocycles. The van der Waals surface area contributed by atoms with E-state index in [0.717, 1.165) is 50.7 Å². The summed E-state index contributed by atoms with van der Waals surface area (Å²) >= 11 is 0. The second-order valence-corrected chi connectivity index (χ2v) is 28.5. The first-order valence-corrected chi connectivity index (χ1v) is 36.5. The predicted octanol–water partition coefficient (Wildman–Crippen LogP) is 9.61. The molecule has 2 bridgehead atoms. The minimum absolute atomic E-state index is 0.141. The monoisotopic (exact) mass is 1420 g/mol. The van der Waals surface area contributed by atoms with Crippen molar-refractivity contribution in [1.82, 2.24) is 30.8 Å². The van der Waals surface area contributed by atoms with E-state index in [4.69, 9.17) is 37.9 Å². The minimum Gasteiger partial charge on any atom is -0.496 e. The van der Waals surface area contributed by atoms with Crippen LogP contribution in [0.5, 0.6) is 11.5 Å². The highest BCUT2D eigenvalue weighted by Gasteiger charge is 2.80. The highest BCUT2D eigenvalue weighted by molar-refractivity contribution is 5.99. The Hall–Kier alpha value is -9.10. The average Bonchev–Trinajstić information content (AvgIpc) is 1.46. The van der Waals surface area contributed by atoms with Crippen LogP contribution in [0, 0.1) is 11.3 Å². The summed E-state index contributed by atoms with van der Waals surface area (Å²) in [6, 6.07) is 33.3. The first-order valence-electron chi connectivity index (χ1n) is 36.5. The number of anilines is 1. The number of hydrogen-bond donors (Lipinski definition) is 6. The summed E-state index contributed by atoms with van der Waals surface area (Å²) < 4.78 is 48.0. The van der Waals surface area contributed by atoms with E-state index in [1.165, 1.54) is 14.2 Å². The molecule has 6 aromatic rings. The number of benzene rings is 5. The summed E-state index contributed by atoms with van der Waals surface area (Å²) in [4.78, 5) is 81.3. The lowest BCUT2D eigenvalue weighted by Gasteiger charge is -2.63. The van der Waals surface area contributed by atoms with Gasteiger partial charge in [-0.25, -0.2) is 19.8 Å². The van der Waals surface area contributed by atoms with E-state index in [0.29, 0.717) is 137 Å². The Kier molecular flexibility index (Phi) is 22.7. The normalized spacial score (nSPS) is 26.2. The molecule has 5 aromatic carbocycles. The molecule has 23 nitrogen and oxygen atoms in total. The van der Waals surface area contributed by atoms with Gasteiger partial charge in [0.1, 0.15) is 16.9 Å². The minimum atomic E-state index is -2.52. The number of amides is 3. The topological polar surface area (TPSA) is 274 Å². The maximum Gasteiger partial charge on any atom is 0.428 e. The summed E-state index contributed by atoms with van der Waals surface area (Å²) in [7, 11) is 6.05. The number of rotatable bonds is 28. The molecule has 554 valence electrons. The number of ether oxygens (including phenoxy) is 8. The zero-order valence-corrected chi connectivity index (χ0v) is 61.1. The summed E-state index contributed by atoms with van der Waals surface area (Å²) in [5.74, 6) is -0.804. The van der Waals surface area contributed by atoms with Crippen LogP contribution in [0.2, 0.25) is 0 Å². The Bertz CT molecular complexity index is 4200. The van der Waals surface area contributed by atoms with E-state index in [1.807, 2.05) is 111 Å². The van der Waals surface area contributed by atoms with Crippen LogP contribution >= 0.6 is 0 Å². The maximum absolute atomic E-state index is 15.7. The number of nitrogens with zero attached hydrogens (tertiary/aromatic N) is 4. The molecule has 12 rings (SSSR count). The van der Waals surface area contributed by atoms with E-state index in [9.17, 15) is 24.6 Å². The number of esters is 2. The molecular formula is C81H100N8O15. The third-order valence-electron chi connectivity index (χ3n) is 22.8. The Labute approximate surface area is 608 Å². The van der Waals surface area contributed by atoms with Gasteiger partial charge in [0.2, 0.25) is 11.5 Å². The van der Waals surface area contributed by atoms with Gasteiger partial charge in [-0.15, -0.1) is 0 Å². The summed E-state index contributed by atoms with van der Waals surface area (Å²) in [5.41, 5.74) is 4.72. The number of nitrogens with one attached hydrogen (secondary N) is 4. The first kappa shape index (κ1) is 74.6. The van der Waals surface area contributed by atoms with Gasteiger partial charge >= 0.3 is 24.1 Å². The van der Waals surface area contributed by atoms with Gasteiger partial charge in [-0.3, -0.25) is 19.4 Å². The van der Waals surface area contributed by atoms with Gasteiger partial charge in [-0.2, -0.15) is 5.10 Å². The van der Waals surface area contributed by atoms with E-state index in [-0.39, 0.29) is 44.4 Å². The predicted molar refractivity (Wildman–Crippen MR) is 395 cm³/mol. The molecule has 3 fully saturated rings. The van der Waals surface area contributed by atoms with Crippen molar-refractivity contribution in [2.75, 3.05) is 112 Å². The molecule has 11 atom stereocenters. The zero-order chi connectivity index (χ0) is 73.6. The van der Waals surface area contributed by atoms with Crippen LogP contribution in [0.1, 0.15) is 129 Å². The van der Waals surface area contributed by atoms with E-state index >= 15 is 9.59 Å². The molecule has 6 N–H and O–H groups in total. The second kappa shape index (κ2) is 31.7. The van der Waals surface area contributed by atoms with Gasteiger partial charge in [-0.1, -0.05) is 112 Å². The molecule has 0 radical (unpaired) electrons. The van der Waals surface area contributed by atoms with Crippen LogP contribution < -0.4 is 30.4 Å². The Balaban J connectivity index is 0.666. The number of carbonyl (C=O) groups is 5. The number of hydrazone groups is 1. The van der Waals surface area contributed by atoms with Gasteiger partial charge in [-0.05, 0) is 135 Å². The Morgan fingerprint density at radius 2 is 1.51 bits per heavy atom. The Morgan fingerprint density at radius 3 is 2.23 bits per heavy atom. The van der Waals surface area contributed by atoms with Crippen LogP contribution in [-0.2, 0) is 66.5 Å². The number of aromatic nitrogens is 1. The molecule has 1 aliphatic carbocycles. The van der Waals surface area contributed by atoms with E-state index < -0.39 is 75.9 Å². The summed E-state index contributed by atoms with van der Waals surface area (Å²) in [5, 5.41) is 37.2. The fraction of sp³-hybridized carbons (Fsp3) is 0.481. The summed E-state index contributed by atoms with van der Waals surface area (Å²) in [6.45, 7) is 16.7. The third kappa shape index (κ3) is 13.9. The quantitative estimate of drug-likeness (QED) is 0.00666. The fourth-order valence-corrected chi connectivity index (χ4v) is 18.3. The van der Waals surface area contributed by atoms with Crippen LogP contribution in [0.3, 0.4) is 0 Å². The number of fused-ring (bicyclic) bond motifs is 6. The van der Waals surface area contributed by atoms with Gasteiger partial charge in [0.25, 0.3) is 0 Å². The van der Waals surface area contributed by atoms with Crippen molar-refractivity contribution < 1.29 is 72.1 Å². The van der Waals surface area contributed by atoms with Crippen molar-refractivity contribution >= 4 is 58.4 Å². The number of para-hydroxylation sites is 1. The van der Waals surface area contributed by atoms with Crippen LogP contribution in [-0.4, -0.2) is 197 Å². The highest BCUT2D eigenvalue weighted by Crippen LogP contribution is 2.68. The number of hydrogen-bond acceptors (Lipinski definition) is 19. The molecule has 2 unspecified atom stereocenters.